The molecule has 6 nitrogen and oxygen atoms in total. The van der Waals surface area contributed by atoms with E-state index in [-0.39, 0.29) is 25.4 Å². The molecule has 1 aromatic carbocycles. The summed E-state index contributed by atoms with van der Waals surface area (Å²) in [5, 5.41) is 12.2. The summed E-state index contributed by atoms with van der Waals surface area (Å²) < 4.78 is 5.30. The number of carbonyl (C=O) groups is 2. The number of hydrogen-bond donors (Lipinski definition) is 1. The summed E-state index contributed by atoms with van der Waals surface area (Å²) in [6.45, 7) is 1.07. The van der Waals surface area contributed by atoms with Gasteiger partial charge in [-0.2, -0.15) is 0 Å². The van der Waals surface area contributed by atoms with Gasteiger partial charge in [-0.05, 0) is 6.07 Å². The Morgan fingerprint density at radius 1 is 1.40 bits per heavy atom. The van der Waals surface area contributed by atoms with Crippen LogP contribution < -0.4 is 0 Å². The van der Waals surface area contributed by atoms with Crippen molar-refractivity contribution < 1.29 is 19.4 Å². The Bertz CT molecular complexity index is 780. The number of nitrogens with zero attached hydrogens (tertiary/aromatic N) is 2. The molecular formula is C17H17ClN2O4S. The van der Waals surface area contributed by atoms with Crippen molar-refractivity contribution in [3.63, 3.8) is 0 Å². The van der Waals surface area contributed by atoms with Gasteiger partial charge in [0, 0.05) is 17.5 Å². The second-order valence-electron chi connectivity index (χ2n) is 5.71. The Hall–Kier alpha value is -1.96. The average Bonchev–Trinajstić information content (AvgIpc) is 3.03. The lowest BCUT2D eigenvalue weighted by Gasteiger charge is -2.34. The molecule has 1 amide bonds. The highest BCUT2D eigenvalue weighted by atomic mass is 35.5. The zero-order valence-corrected chi connectivity index (χ0v) is 14.9. The molecule has 0 aliphatic carbocycles. The molecule has 0 saturated carbocycles. The topological polar surface area (TPSA) is 79.7 Å². The fourth-order valence-electron chi connectivity index (χ4n) is 2.76. The number of carboxylic acid groups (broad SMARTS) is 1. The van der Waals surface area contributed by atoms with Crippen molar-refractivity contribution in [2.45, 2.75) is 18.9 Å². The van der Waals surface area contributed by atoms with E-state index in [0.29, 0.717) is 23.9 Å². The minimum absolute atomic E-state index is 0.117. The first-order chi connectivity index (χ1) is 12.0. The molecule has 1 atom stereocenters. The maximum atomic E-state index is 12.6. The Balaban J connectivity index is 1.70. The van der Waals surface area contributed by atoms with E-state index in [2.05, 4.69) is 4.98 Å². The summed E-state index contributed by atoms with van der Waals surface area (Å²) in [7, 11) is 0. The van der Waals surface area contributed by atoms with Crippen molar-refractivity contribution in [2.24, 2.45) is 0 Å². The summed E-state index contributed by atoms with van der Waals surface area (Å²) >= 11 is 7.62. The molecule has 1 aliphatic heterocycles. The second kappa shape index (κ2) is 7.95. The predicted molar refractivity (Wildman–Crippen MR) is 94.8 cm³/mol. The third kappa shape index (κ3) is 4.36. The molecule has 25 heavy (non-hydrogen) atoms. The van der Waals surface area contributed by atoms with Crippen molar-refractivity contribution in [3.8, 4) is 10.6 Å². The number of rotatable bonds is 5. The molecule has 0 spiro atoms. The van der Waals surface area contributed by atoms with E-state index in [9.17, 15) is 9.59 Å². The minimum Gasteiger partial charge on any atom is -0.481 e. The normalized spacial score (nSPS) is 17.5. The summed E-state index contributed by atoms with van der Waals surface area (Å²) in [5.74, 6) is -1.08. The SMILES string of the molecule is O=C(O)CC1COCCN1C(=O)Cc1csc(-c2ccccc2Cl)n1. The zero-order chi connectivity index (χ0) is 17.8. The molecule has 1 aliphatic rings. The number of hydrogen-bond acceptors (Lipinski definition) is 5. The summed E-state index contributed by atoms with van der Waals surface area (Å²) in [6, 6.07) is 6.99. The van der Waals surface area contributed by atoms with Gasteiger partial charge in [-0.15, -0.1) is 11.3 Å². The quantitative estimate of drug-likeness (QED) is 0.862. The largest absolute Gasteiger partial charge is 0.481 e. The number of benzene rings is 1. The van der Waals surface area contributed by atoms with Crippen LogP contribution in [0.4, 0.5) is 0 Å². The van der Waals surface area contributed by atoms with Crippen LogP contribution in [0.3, 0.4) is 0 Å². The molecule has 1 saturated heterocycles. The number of carboxylic acids is 1. The van der Waals surface area contributed by atoms with Gasteiger partial charge in [-0.25, -0.2) is 4.98 Å². The van der Waals surface area contributed by atoms with Gasteiger partial charge >= 0.3 is 5.97 Å². The first kappa shape index (κ1) is 17.8. The highest BCUT2D eigenvalue weighted by molar-refractivity contribution is 7.13. The van der Waals surface area contributed by atoms with E-state index in [4.69, 9.17) is 21.4 Å². The van der Waals surface area contributed by atoms with Crippen LogP contribution in [0.25, 0.3) is 10.6 Å². The fourth-order valence-corrected chi connectivity index (χ4v) is 3.90. The number of ether oxygens (including phenoxy) is 1. The lowest BCUT2D eigenvalue weighted by atomic mass is 10.1. The lowest BCUT2D eigenvalue weighted by Crippen LogP contribution is -2.50. The van der Waals surface area contributed by atoms with Crippen LogP contribution in [0.1, 0.15) is 12.1 Å². The first-order valence-corrected chi connectivity index (χ1v) is 9.08. The molecule has 8 heteroatoms. The lowest BCUT2D eigenvalue weighted by molar-refractivity contribution is -0.145. The number of amides is 1. The highest BCUT2D eigenvalue weighted by Gasteiger charge is 2.29. The van der Waals surface area contributed by atoms with Crippen LogP contribution in [0.5, 0.6) is 0 Å². The molecule has 1 aromatic heterocycles. The molecule has 1 unspecified atom stereocenters. The molecule has 0 radical (unpaired) electrons. The Morgan fingerprint density at radius 3 is 2.96 bits per heavy atom. The van der Waals surface area contributed by atoms with Gasteiger partial charge in [0.1, 0.15) is 5.01 Å². The molecule has 0 bridgehead atoms. The van der Waals surface area contributed by atoms with Crippen LogP contribution in [0.15, 0.2) is 29.6 Å². The van der Waals surface area contributed by atoms with Crippen LogP contribution in [0, 0.1) is 0 Å². The van der Waals surface area contributed by atoms with Crippen LogP contribution in [-0.2, 0) is 20.7 Å². The highest BCUT2D eigenvalue weighted by Crippen LogP contribution is 2.30. The smallest absolute Gasteiger partial charge is 0.305 e. The number of aliphatic carboxylic acids is 1. The number of morpholine rings is 1. The zero-order valence-electron chi connectivity index (χ0n) is 13.4. The van der Waals surface area contributed by atoms with Crippen LogP contribution in [-0.4, -0.2) is 52.7 Å². The van der Waals surface area contributed by atoms with E-state index in [1.54, 1.807) is 11.0 Å². The van der Waals surface area contributed by atoms with Gasteiger partial charge in [0.05, 0.1) is 42.8 Å². The molecule has 1 fully saturated rings. The van der Waals surface area contributed by atoms with Crippen LogP contribution >= 0.6 is 22.9 Å². The maximum Gasteiger partial charge on any atom is 0.305 e. The van der Waals surface area contributed by atoms with Crippen molar-refractivity contribution in [1.82, 2.24) is 9.88 Å². The van der Waals surface area contributed by atoms with Gasteiger partial charge in [-0.1, -0.05) is 29.8 Å². The molecular weight excluding hydrogens is 364 g/mol. The molecule has 2 aromatic rings. The minimum atomic E-state index is -0.942. The summed E-state index contributed by atoms with van der Waals surface area (Å²) in [6.07, 6.45) is 0.0186. The fraction of sp³-hybridized carbons (Fsp3) is 0.353. The van der Waals surface area contributed by atoms with E-state index >= 15 is 0 Å². The van der Waals surface area contributed by atoms with Gasteiger partial charge < -0.3 is 14.7 Å². The summed E-state index contributed by atoms with van der Waals surface area (Å²) in [4.78, 5) is 29.6. The molecule has 2 heterocycles. The molecule has 1 N–H and O–H groups in total. The van der Waals surface area contributed by atoms with E-state index < -0.39 is 12.0 Å². The Morgan fingerprint density at radius 2 is 2.20 bits per heavy atom. The van der Waals surface area contributed by atoms with Gasteiger partial charge in [0.2, 0.25) is 5.91 Å². The maximum absolute atomic E-state index is 12.6. The first-order valence-electron chi connectivity index (χ1n) is 7.83. The van der Waals surface area contributed by atoms with Crippen molar-refractivity contribution >= 4 is 34.8 Å². The Kier molecular flexibility index (Phi) is 5.67. The average molecular weight is 381 g/mol. The van der Waals surface area contributed by atoms with Crippen molar-refractivity contribution in [2.75, 3.05) is 19.8 Å². The van der Waals surface area contributed by atoms with Crippen molar-refractivity contribution in [1.29, 1.82) is 0 Å². The van der Waals surface area contributed by atoms with Gasteiger partial charge in [-0.3, -0.25) is 9.59 Å². The third-order valence-electron chi connectivity index (χ3n) is 3.95. The second-order valence-corrected chi connectivity index (χ2v) is 6.98. The van der Waals surface area contributed by atoms with Crippen molar-refractivity contribution in [3.05, 3.63) is 40.4 Å². The van der Waals surface area contributed by atoms with E-state index in [1.807, 2.05) is 23.6 Å². The number of carbonyl (C=O) groups excluding carboxylic acids is 1. The molecule has 132 valence electrons. The van der Waals surface area contributed by atoms with Gasteiger partial charge in [0.25, 0.3) is 0 Å². The van der Waals surface area contributed by atoms with Crippen LogP contribution in [0.2, 0.25) is 5.02 Å². The predicted octanol–water partition coefficient (Wildman–Crippen LogP) is 2.71. The summed E-state index contributed by atoms with van der Waals surface area (Å²) in [5.41, 5.74) is 1.49. The monoisotopic (exact) mass is 380 g/mol. The molecule has 3 rings (SSSR count). The Labute approximate surface area is 154 Å². The number of thiazole rings is 1. The van der Waals surface area contributed by atoms with Gasteiger partial charge in [0.15, 0.2) is 0 Å². The van der Waals surface area contributed by atoms with E-state index in [1.165, 1.54) is 11.3 Å². The number of halogens is 1. The standard InChI is InChI=1S/C17H17ClN2O4S/c18-14-4-2-1-3-13(14)17-19-11(10-25-17)7-15(21)20-5-6-24-9-12(20)8-16(22)23/h1-4,10,12H,5-9H2,(H,22,23). The third-order valence-corrected chi connectivity index (χ3v) is 5.20. The van der Waals surface area contributed by atoms with E-state index in [0.717, 1.165) is 10.6 Å². The number of aromatic nitrogens is 1.